The fraction of sp³-hybridized carbons (Fsp3) is 0.167. The van der Waals surface area contributed by atoms with Gasteiger partial charge in [0.2, 0.25) is 0 Å². The van der Waals surface area contributed by atoms with E-state index in [4.69, 9.17) is 4.74 Å². The number of thiophene rings is 1. The predicted octanol–water partition coefficient (Wildman–Crippen LogP) is 3.74. The predicted molar refractivity (Wildman–Crippen MR) is 121 cm³/mol. The van der Waals surface area contributed by atoms with Crippen LogP contribution in [0.4, 0.5) is 0 Å². The number of hydrogen-bond acceptors (Lipinski definition) is 6. The summed E-state index contributed by atoms with van der Waals surface area (Å²) < 4.78 is 6.89. The van der Waals surface area contributed by atoms with Crippen LogP contribution >= 0.6 is 11.3 Å². The van der Waals surface area contributed by atoms with E-state index in [1.54, 1.807) is 20.9 Å². The van der Waals surface area contributed by atoms with Gasteiger partial charge in [0.1, 0.15) is 0 Å². The van der Waals surface area contributed by atoms with Crippen molar-refractivity contribution in [1.29, 1.82) is 0 Å². The molecule has 0 saturated carbocycles. The lowest BCUT2D eigenvalue weighted by molar-refractivity contribution is -0.135. The fourth-order valence-corrected chi connectivity index (χ4v) is 4.56. The van der Waals surface area contributed by atoms with Gasteiger partial charge in [0.05, 0.1) is 5.69 Å². The maximum atomic E-state index is 12.7. The molecule has 4 aromatic rings. The van der Waals surface area contributed by atoms with Crippen LogP contribution in [0.3, 0.4) is 0 Å². The number of nitrogens with zero attached hydrogens (tertiary/aromatic N) is 4. The Morgan fingerprint density at radius 1 is 1.00 bits per heavy atom. The number of fused-ring (bicyclic) bond motifs is 1. The molecular formula is C24H20N4O3S. The van der Waals surface area contributed by atoms with E-state index in [1.807, 2.05) is 72.1 Å². The van der Waals surface area contributed by atoms with Crippen molar-refractivity contribution in [2.75, 3.05) is 13.2 Å². The van der Waals surface area contributed by atoms with Crippen molar-refractivity contribution >= 4 is 23.2 Å². The van der Waals surface area contributed by atoms with E-state index in [0.29, 0.717) is 18.9 Å². The van der Waals surface area contributed by atoms with Gasteiger partial charge in [-0.05, 0) is 35.6 Å². The monoisotopic (exact) mass is 444 g/mol. The normalized spacial score (nSPS) is 12.9. The zero-order valence-electron chi connectivity index (χ0n) is 17.2. The molecule has 0 fully saturated rings. The Bertz CT molecular complexity index is 1190. The number of esters is 1. The van der Waals surface area contributed by atoms with Gasteiger partial charge in [0.25, 0.3) is 11.7 Å². The summed E-state index contributed by atoms with van der Waals surface area (Å²) >= 11 is 1.71. The minimum atomic E-state index is -0.724. The van der Waals surface area contributed by atoms with Gasteiger partial charge >= 0.3 is 5.97 Å². The first-order chi connectivity index (χ1) is 15.7. The van der Waals surface area contributed by atoms with Gasteiger partial charge in [-0.1, -0.05) is 48.5 Å². The van der Waals surface area contributed by atoms with Gasteiger partial charge in [-0.3, -0.25) is 4.79 Å². The number of amides is 1. The van der Waals surface area contributed by atoms with Gasteiger partial charge in [0.15, 0.2) is 12.4 Å². The Labute approximate surface area is 188 Å². The molecule has 32 heavy (non-hydrogen) atoms. The minimum Gasteiger partial charge on any atom is -0.450 e. The summed E-state index contributed by atoms with van der Waals surface area (Å²) in [7, 11) is 0. The lowest BCUT2D eigenvalue weighted by Crippen LogP contribution is -2.38. The van der Waals surface area contributed by atoms with E-state index in [2.05, 4.69) is 10.1 Å². The van der Waals surface area contributed by atoms with Gasteiger partial charge < -0.3 is 9.64 Å². The minimum absolute atomic E-state index is 0.0840. The van der Waals surface area contributed by atoms with E-state index < -0.39 is 5.97 Å². The average molecular weight is 445 g/mol. The van der Waals surface area contributed by atoms with Crippen LogP contribution in [0.2, 0.25) is 0 Å². The molecule has 0 radical (unpaired) electrons. The number of benzene rings is 2. The highest BCUT2D eigenvalue weighted by molar-refractivity contribution is 7.10. The van der Waals surface area contributed by atoms with Crippen LogP contribution in [0.5, 0.6) is 0 Å². The van der Waals surface area contributed by atoms with Crippen LogP contribution in [0.1, 0.15) is 21.1 Å². The Kier molecular flexibility index (Phi) is 5.51. The lowest BCUT2D eigenvalue weighted by atomic mass is 10.1. The second-order valence-corrected chi connectivity index (χ2v) is 8.38. The third kappa shape index (κ3) is 4.04. The van der Waals surface area contributed by atoms with E-state index >= 15 is 0 Å². The Hall–Kier alpha value is -3.78. The number of rotatable bonds is 5. The zero-order valence-corrected chi connectivity index (χ0v) is 18.0. The molecule has 2 aromatic carbocycles. The molecule has 1 aliphatic heterocycles. The van der Waals surface area contributed by atoms with Crippen LogP contribution in [-0.2, 0) is 22.5 Å². The molecule has 0 unspecified atom stereocenters. The Morgan fingerprint density at radius 3 is 2.53 bits per heavy atom. The van der Waals surface area contributed by atoms with E-state index in [0.717, 1.165) is 23.2 Å². The molecule has 1 amide bonds. The SMILES string of the molecule is O=C(OCC(=O)N1CCc2sccc2C1)c1nc(-c2ccccc2)n(-c2ccccc2)n1. The zero-order chi connectivity index (χ0) is 21.9. The quantitative estimate of drug-likeness (QED) is 0.438. The molecule has 0 saturated heterocycles. The standard InChI is InChI=1S/C24H20N4O3S/c29-21(27-13-11-20-18(15-27)12-14-32-20)16-31-24(30)22-25-23(17-7-3-1-4-8-17)28(26-22)19-9-5-2-6-10-19/h1-10,12,14H,11,13,15-16H2. The Morgan fingerprint density at radius 2 is 1.75 bits per heavy atom. The molecule has 0 N–H and O–H groups in total. The molecule has 0 bridgehead atoms. The molecule has 7 nitrogen and oxygen atoms in total. The summed E-state index contributed by atoms with van der Waals surface area (Å²) in [5.41, 5.74) is 2.75. The van der Waals surface area contributed by atoms with Crippen molar-refractivity contribution in [2.24, 2.45) is 0 Å². The number of hydrogen-bond donors (Lipinski definition) is 0. The Balaban J connectivity index is 1.33. The number of para-hydroxylation sites is 1. The molecule has 8 heteroatoms. The van der Waals surface area contributed by atoms with E-state index in [1.165, 1.54) is 4.88 Å². The summed E-state index contributed by atoms with van der Waals surface area (Å²) in [5.74, 6) is -0.505. The van der Waals surface area contributed by atoms with Crippen molar-refractivity contribution in [3.63, 3.8) is 0 Å². The largest absolute Gasteiger partial charge is 0.450 e. The van der Waals surface area contributed by atoms with Crippen LogP contribution in [0, 0.1) is 0 Å². The molecule has 2 aromatic heterocycles. The first-order valence-electron chi connectivity index (χ1n) is 10.3. The lowest BCUT2D eigenvalue weighted by Gasteiger charge is -2.26. The average Bonchev–Trinajstić information content (AvgIpc) is 3.50. The van der Waals surface area contributed by atoms with E-state index in [-0.39, 0.29) is 18.3 Å². The number of ether oxygens (including phenoxy) is 1. The molecule has 5 rings (SSSR count). The van der Waals surface area contributed by atoms with Crippen LogP contribution in [0.25, 0.3) is 17.1 Å². The summed E-state index contributed by atoms with van der Waals surface area (Å²) in [5, 5.41) is 6.42. The molecule has 0 atom stereocenters. The van der Waals surface area contributed by atoms with Crippen LogP contribution in [-0.4, -0.2) is 44.7 Å². The molecular weight excluding hydrogens is 424 g/mol. The first kappa shape index (κ1) is 20.1. The highest BCUT2D eigenvalue weighted by Gasteiger charge is 2.24. The second kappa shape index (κ2) is 8.76. The molecule has 1 aliphatic rings. The molecule has 3 heterocycles. The number of carbonyl (C=O) groups is 2. The maximum Gasteiger partial charge on any atom is 0.378 e. The van der Waals surface area contributed by atoms with Crippen molar-refractivity contribution in [3.8, 4) is 17.1 Å². The highest BCUT2D eigenvalue weighted by Crippen LogP contribution is 2.24. The van der Waals surface area contributed by atoms with Gasteiger partial charge in [-0.25, -0.2) is 14.5 Å². The smallest absolute Gasteiger partial charge is 0.378 e. The van der Waals surface area contributed by atoms with Gasteiger partial charge in [0, 0.05) is 23.5 Å². The number of aromatic nitrogens is 3. The summed E-state index contributed by atoms with van der Waals surface area (Å²) in [6, 6.07) is 21.0. The van der Waals surface area contributed by atoms with Crippen molar-refractivity contribution < 1.29 is 14.3 Å². The molecule has 0 spiro atoms. The highest BCUT2D eigenvalue weighted by atomic mass is 32.1. The maximum absolute atomic E-state index is 12.7. The molecule has 0 aliphatic carbocycles. The van der Waals surface area contributed by atoms with Crippen molar-refractivity contribution in [3.05, 3.63) is 88.4 Å². The first-order valence-corrected chi connectivity index (χ1v) is 11.1. The number of carbonyl (C=O) groups excluding carboxylic acids is 2. The van der Waals surface area contributed by atoms with Crippen molar-refractivity contribution in [2.45, 2.75) is 13.0 Å². The molecule has 160 valence electrons. The van der Waals surface area contributed by atoms with Gasteiger partial charge in [-0.2, -0.15) is 0 Å². The fourth-order valence-electron chi connectivity index (χ4n) is 3.67. The van der Waals surface area contributed by atoms with Crippen molar-refractivity contribution in [1.82, 2.24) is 19.7 Å². The third-order valence-electron chi connectivity index (χ3n) is 5.31. The third-order valence-corrected chi connectivity index (χ3v) is 6.33. The summed E-state index contributed by atoms with van der Waals surface area (Å²) in [4.78, 5) is 32.7. The summed E-state index contributed by atoms with van der Waals surface area (Å²) in [6.07, 6.45) is 0.830. The van der Waals surface area contributed by atoms with E-state index in [9.17, 15) is 9.59 Å². The second-order valence-electron chi connectivity index (χ2n) is 7.38. The summed E-state index contributed by atoms with van der Waals surface area (Å²) in [6.45, 7) is 0.843. The van der Waals surface area contributed by atoms with Gasteiger partial charge in [-0.15, -0.1) is 16.4 Å². The van der Waals surface area contributed by atoms with Crippen LogP contribution < -0.4 is 0 Å². The van der Waals surface area contributed by atoms with Crippen LogP contribution in [0.15, 0.2) is 72.1 Å². The topological polar surface area (TPSA) is 77.3 Å².